The molecule has 3 atom stereocenters. The molecule has 1 unspecified atom stereocenters. The molecule has 1 saturated carbocycles. The van der Waals surface area contributed by atoms with Crippen molar-refractivity contribution in [2.45, 2.75) is 46.1 Å². The molecule has 1 N–H and O–H groups in total. The molecule has 2 heterocycles. The number of ether oxygens (including phenoxy) is 1. The highest BCUT2D eigenvalue weighted by Crippen LogP contribution is 2.58. The van der Waals surface area contributed by atoms with Gasteiger partial charge in [0.15, 0.2) is 11.6 Å². The summed E-state index contributed by atoms with van der Waals surface area (Å²) in [6.07, 6.45) is 7.18. The van der Waals surface area contributed by atoms with Crippen LogP contribution in [0.1, 0.15) is 49.9 Å². The molecule has 2 aliphatic rings. The van der Waals surface area contributed by atoms with Gasteiger partial charge in [-0.25, -0.2) is 9.67 Å². The lowest BCUT2D eigenvalue weighted by Crippen LogP contribution is -2.37. The van der Waals surface area contributed by atoms with E-state index >= 15 is 0 Å². The number of carbonyl (C=O) groups is 1. The van der Waals surface area contributed by atoms with Crippen LogP contribution < -0.4 is 5.32 Å². The SMILES string of the molecule is CC(C)(C)C(COCc1ccccc1)C(=O)Nc1nn(-c2cnccn2)c2c1C[C@@H]1C[C@H]21. The van der Waals surface area contributed by atoms with Crippen LogP contribution in [0.15, 0.2) is 48.9 Å². The van der Waals surface area contributed by atoms with Crippen molar-refractivity contribution in [2.24, 2.45) is 17.3 Å². The number of nitrogens with zero attached hydrogens (tertiary/aromatic N) is 4. The van der Waals surface area contributed by atoms with Crippen molar-refractivity contribution < 1.29 is 9.53 Å². The van der Waals surface area contributed by atoms with Crippen LogP contribution in [0, 0.1) is 17.3 Å². The summed E-state index contributed by atoms with van der Waals surface area (Å²) in [5, 5.41) is 7.88. The minimum absolute atomic E-state index is 0.0577. The number of amides is 1. The van der Waals surface area contributed by atoms with Crippen LogP contribution in [-0.2, 0) is 22.6 Å². The first-order chi connectivity index (χ1) is 15.4. The fourth-order valence-electron chi connectivity index (χ4n) is 4.58. The van der Waals surface area contributed by atoms with Crippen molar-refractivity contribution in [2.75, 3.05) is 11.9 Å². The zero-order valence-electron chi connectivity index (χ0n) is 18.8. The molecular weight excluding hydrogens is 402 g/mol. The van der Waals surface area contributed by atoms with Crippen molar-refractivity contribution in [3.8, 4) is 5.82 Å². The molecule has 7 nitrogen and oxygen atoms in total. The molecule has 2 aliphatic carbocycles. The van der Waals surface area contributed by atoms with Crippen LogP contribution in [-0.4, -0.2) is 32.3 Å². The average molecular weight is 432 g/mol. The van der Waals surface area contributed by atoms with Crippen LogP contribution >= 0.6 is 0 Å². The van der Waals surface area contributed by atoms with Crippen LogP contribution in [0.25, 0.3) is 5.82 Å². The topological polar surface area (TPSA) is 81.9 Å². The normalized spacial score (nSPS) is 19.8. The number of rotatable bonds is 7. The van der Waals surface area contributed by atoms with Crippen molar-refractivity contribution >= 4 is 11.7 Å². The third-order valence-corrected chi connectivity index (χ3v) is 6.53. The molecular formula is C25H29N5O2. The predicted molar refractivity (Wildman–Crippen MR) is 121 cm³/mol. The van der Waals surface area contributed by atoms with Gasteiger partial charge in [-0.05, 0) is 29.7 Å². The maximum absolute atomic E-state index is 13.4. The first-order valence-corrected chi connectivity index (χ1v) is 11.2. The highest BCUT2D eigenvalue weighted by atomic mass is 16.5. The largest absolute Gasteiger partial charge is 0.376 e. The zero-order valence-corrected chi connectivity index (χ0v) is 18.8. The van der Waals surface area contributed by atoms with Crippen molar-refractivity contribution in [3.63, 3.8) is 0 Å². The summed E-state index contributed by atoms with van der Waals surface area (Å²) in [4.78, 5) is 22.0. The summed E-state index contributed by atoms with van der Waals surface area (Å²) in [6, 6.07) is 10.0. The quantitative estimate of drug-likeness (QED) is 0.608. The lowest BCUT2D eigenvalue weighted by Gasteiger charge is -2.29. The number of aromatic nitrogens is 4. The van der Waals surface area contributed by atoms with Gasteiger partial charge in [0.1, 0.15) is 0 Å². The average Bonchev–Trinajstić information content (AvgIpc) is 3.30. The Morgan fingerprint density at radius 2 is 2.06 bits per heavy atom. The Balaban J connectivity index is 1.34. The summed E-state index contributed by atoms with van der Waals surface area (Å²) in [7, 11) is 0. The highest BCUT2D eigenvalue weighted by molar-refractivity contribution is 5.93. The van der Waals surface area contributed by atoms with Crippen LogP contribution in [0.4, 0.5) is 5.82 Å². The van der Waals surface area contributed by atoms with Crippen molar-refractivity contribution in [1.29, 1.82) is 0 Å². The number of nitrogens with one attached hydrogen (secondary N) is 1. The summed E-state index contributed by atoms with van der Waals surface area (Å²) in [5.74, 6) is 2.15. The van der Waals surface area contributed by atoms with Gasteiger partial charge < -0.3 is 10.1 Å². The fourth-order valence-corrected chi connectivity index (χ4v) is 4.58. The Kier molecular flexibility index (Phi) is 5.29. The number of carbonyl (C=O) groups excluding carboxylic acids is 1. The van der Waals surface area contributed by atoms with Crippen LogP contribution in [0.2, 0.25) is 0 Å². The van der Waals surface area contributed by atoms with Gasteiger partial charge >= 0.3 is 0 Å². The second-order valence-electron chi connectivity index (χ2n) is 9.90. The van der Waals surface area contributed by atoms with Gasteiger partial charge in [0, 0.05) is 23.9 Å². The minimum atomic E-state index is -0.306. The van der Waals surface area contributed by atoms with Gasteiger partial charge in [-0.1, -0.05) is 51.1 Å². The number of hydrogen-bond donors (Lipinski definition) is 1. The minimum Gasteiger partial charge on any atom is -0.376 e. The molecule has 3 aromatic rings. The molecule has 2 aromatic heterocycles. The summed E-state index contributed by atoms with van der Waals surface area (Å²) < 4.78 is 7.82. The molecule has 166 valence electrons. The molecule has 0 radical (unpaired) electrons. The van der Waals surface area contributed by atoms with Crippen molar-refractivity contribution in [1.82, 2.24) is 19.7 Å². The van der Waals surface area contributed by atoms with Crippen LogP contribution in [0.3, 0.4) is 0 Å². The first-order valence-electron chi connectivity index (χ1n) is 11.2. The summed E-state index contributed by atoms with van der Waals surface area (Å²) in [6.45, 7) is 7.05. The van der Waals surface area contributed by atoms with E-state index in [-0.39, 0.29) is 17.2 Å². The molecule has 0 saturated heterocycles. The summed E-state index contributed by atoms with van der Waals surface area (Å²) >= 11 is 0. The molecule has 1 fully saturated rings. The number of anilines is 1. The Bertz CT molecular complexity index is 1100. The smallest absolute Gasteiger partial charge is 0.231 e. The number of benzene rings is 1. The van der Waals surface area contributed by atoms with Gasteiger partial charge in [-0.2, -0.15) is 0 Å². The van der Waals surface area contributed by atoms with E-state index in [1.54, 1.807) is 18.6 Å². The van der Waals surface area contributed by atoms with Crippen molar-refractivity contribution in [3.05, 3.63) is 65.7 Å². The third-order valence-electron chi connectivity index (χ3n) is 6.53. The van der Waals surface area contributed by atoms with E-state index in [0.29, 0.717) is 36.7 Å². The fraction of sp³-hybridized carbons (Fsp3) is 0.440. The zero-order chi connectivity index (χ0) is 22.3. The van der Waals surface area contributed by atoms with E-state index < -0.39 is 0 Å². The number of fused-ring (bicyclic) bond motifs is 3. The third kappa shape index (κ3) is 4.05. The standard InChI is InChI=1S/C25H29N5O2/c1-25(2,3)20(15-32-14-16-7-5-4-6-8-16)24(31)28-23-19-12-17-11-18(17)22(19)30(29-23)21-13-26-9-10-27-21/h4-10,13,17-18,20H,11-12,14-15H2,1-3H3,(H,28,29,31)/t17-,18-,20?/m0/s1. The van der Waals surface area contributed by atoms with Gasteiger partial charge in [-0.15, -0.1) is 5.10 Å². The second-order valence-corrected chi connectivity index (χ2v) is 9.90. The van der Waals surface area contributed by atoms with E-state index in [1.165, 1.54) is 12.1 Å². The molecule has 0 spiro atoms. The second kappa shape index (κ2) is 8.13. The molecule has 5 rings (SSSR count). The van der Waals surface area contributed by atoms with Crippen LogP contribution in [0.5, 0.6) is 0 Å². The molecule has 32 heavy (non-hydrogen) atoms. The predicted octanol–water partition coefficient (Wildman–Crippen LogP) is 4.14. The van der Waals surface area contributed by atoms with E-state index in [4.69, 9.17) is 9.84 Å². The molecule has 1 aromatic carbocycles. The Hall–Kier alpha value is -3.06. The maximum Gasteiger partial charge on any atom is 0.231 e. The van der Waals surface area contributed by atoms with E-state index in [0.717, 1.165) is 17.5 Å². The molecule has 1 amide bonds. The Morgan fingerprint density at radius 1 is 1.25 bits per heavy atom. The van der Waals surface area contributed by atoms with Gasteiger partial charge in [-0.3, -0.25) is 9.78 Å². The molecule has 0 aliphatic heterocycles. The Labute approximate surface area is 188 Å². The number of hydrogen-bond acceptors (Lipinski definition) is 5. The monoisotopic (exact) mass is 431 g/mol. The molecule has 0 bridgehead atoms. The van der Waals surface area contributed by atoms with Gasteiger partial charge in [0.05, 0.1) is 31.0 Å². The highest BCUT2D eigenvalue weighted by Gasteiger charge is 2.50. The lowest BCUT2D eigenvalue weighted by molar-refractivity contribution is -0.126. The lowest BCUT2D eigenvalue weighted by atomic mass is 9.80. The first kappa shape index (κ1) is 20.8. The Morgan fingerprint density at radius 3 is 2.78 bits per heavy atom. The summed E-state index contributed by atoms with van der Waals surface area (Å²) in [5.41, 5.74) is 3.17. The van der Waals surface area contributed by atoms with Gasteiger partial charge in [0.2, 0.25) is 5.91 Å². The van der Waals surface area contributed by atoms with E-state index in [1.807, 2.05) is 35.0 Å². The van der Waals surface area contributed by atoms with E-state index in [9.17, 15) is 4.79 Å². The maximum atomic E-state index is 13.4. The molecule has 7 heteroatoms. The van der Waals surface area contributed by atoms with E-state index in [2.05, 4.69) is 36.1 Å². The van der Waals surface area contributed by atoms with Gasteiger partial charge in [0.25, 0.3) is 0 Å².